The van der Waals surface area contributed by atoms with Crippen LogP contribution in [-0.4, -0.2) is 61.3 Å². The second-order valence-corrected chi connectivity index (χ2v) is 9.63. The minimum absolute atomic E-state index is 0.0329. The van der Waals surface area contributed by atoms with Gasteiger partial charge in [-0.2, -0.15) is 0 Å². The van der Waals surface area contributed by atoms with E-state index in [0.717, 1.165) is 35.9 Å². The molecule has 1 N–H and O–H groups in total. The first-order chi connectivity index (χ1) is 17.1. The third-order valence-corrected chi connectivity index (χ3v) is 6.98. The highest BCUT2D eigenvalue weighted by Crippen LogP contribution is 2.27. The van der Waals surface area contributed by atoms with E-state index in [4.69, 9.17) is 4.98 Å². The lowest BCUT2D eigenvalue weighted by Gasteiger charge is -2.25. The number of rotatable bonds is 8. The van der Waals surface area contributed by atoms with Crippen molar-refractivity contribution in [2.45, 2.75) is 44.7 Å². The molecule has 6 rings (SSSR count). The molecule has 10 heteroatoms. The van der Waals surface area contributed by atoms with Crippen molar-refractivity contribution in [3.8, 4) is 11.3 Å². The van der Waals surface area contributed by atoms with Gasteiger partial charge in [0.2, 0.25) is 0 Å². The van der Waals surface area contributed by atoms with E-state index in [1.54, 1.807) is 22.0 Å². The van der Waals surface area contributed by atoms with Gasteiger partial charge in [-0.3, -0.25) is 4.98 Å². The summed E-state index contributed by atoms with van der Waals surface area (Å²) in [6.45, 7) is 2.49. The van der Waals surface area contributed by atoms with Crippen molar-refractivity contribution in [2.24, 2.45) is 5.92 Å². The summed E-state index contributed by atoms with van der Waals surface area (Å²) in [4.78, 5) is 10.6. The molecule has 0 radical (unpaired) electrons. The highest BCUT2D eigenvalue weighted by atomic mass is 19.2. The fraction of sp³-hybridized carbons (Fsp3) is 0.440. The minimum atomic E-state index is -1.47. The highest BCUT2D eigenvalue weighted by molar-refractivity contribution is 5.63. The summed E-state index contributed by atoms with van der Waals surface area (Å²) in [5.74, 6) is 0.842. The maximum atomic E-state index is 13.6. The molecule has 2 unspecified atom stereocenters. The lowest BCUT2D eigenvalue weighted by atomic mass is 9.85. The van der Waals surface area contributed by atoms with E-state index in [1.807, 2.05) is 28.9 Å². The molecule has 1 aliphatic heterocycles. The van der Waals surface area contributed by atoms with Crippen LogP contribution in [0, 0.1) is 5.92 Å². The fourth-order valence-corrected chi connectivity index (χ4v) is 4.74. The standard InChI is InChI=1S/C25H28F2N8/c26-22-14-33(15-23(22)27)21-6-19(9-29-10-21)24-16-35(32-31-24)13-20-12-34-11-18(4-5-25(34)30-20)8-28-7-17-2-1-3-17/h4-6,9-12,16-17,22-23,28H,1-3,7-8,13-15H2. The Kier molecular flexibility index (Phi) is 5.89. The van der Waals surface area contributed by atoms with Crippen LogP contribution in [0.25, 0.3) is 16.9 Å². The number of nitrogens with zero attached hydrogens (tertiary/aromatic N) is 7. The number of halogens is 2. The number of imidazole rings is 1. The number of pyridine rings is 2. The van der Waals surface area contributed by atoms with Crippen LogP contribution in [0.3, 0.4) is 0 Å². The predicted octanol–water partition coefficient (Wildman–Crippen LogP) is 3.42. The maximum Gasteiger partial charge on any atom is 0.150 e. The normalized spacial score (nSPS) is 20.6. The summed E-state index contributed by atoms with van der Waals surface area (Å²) in [7, 11) is 0. The molecule has 8 nitrogen and oxygen atoms in total. The lowest BCUT2D eigenvalue weighted by molar-refractivity contribution is 0.217. The quantitative estimate of drug-likeness (QED) is 0.418. The zero-order valence-corrected chi connectivity index (χ0v) is 19.4. The van der Waals surface area contributed by atoms with Gasteiger partial charge in [-0.05, 0) is 43.0 Å². The van der Waals surface area contributed by atoms with E-state index in [1.165, 1.54) is 24.8 Å². The van der Waals surface area contributed by atoms with Crippen LogP contribution in [0.15, 0.2) is 49.2 Å². The van der Waals surface area contributed by atoms with Gasteiger partial charge in [0, 0.05) is 30.7 Å². The summed E-state index contributed by atoms with van der Waals surface area (Å²) in [6.07, 6.45) is 10.4. The van der Waals surface area contributed by atoms with Crippen LogP contribution in [0.2, 0.25) is 0 Å². The van der Waals surface area contributed by atoms with Gasteiger partial charge in [0.1, 0.15) is 11.3 Å². The summed E-state index contributed by atoms with van der Waals surface area (Å²) >= 11 is 0. The van der Waals surface area contributed by atoms with E-state index >= 15 is 0 Å². The van der Waals surface area contributed by atoms with Crippen molar-refractivity contribution in [3.63, 3.8) is 0 Å². The Bertz CT molecular complexity index is 1300. The monoisotopic (exact) mass is 478 g/mol. The zero-order valence-electron chi connectivity index (χ0n) is 19.4. The molecule has 0 aromatic carbocycles. The topological polar surface area (TPSA) is 76.2 Å². The molecule has 2 fully saturated rings. The van der Waals surface area contributed by atoms with Crippen LogP contribution in [0.1, 0.15) is 30.5 Å². The van der Waals surface area contributed by atoms with Crippen LogP contribution in [0.5, 0.6) is 0 Å². The molecule has 1 saturated carbocycles. The third-order valence-electron chi connectivity index (χ3n) is 6.98. The Morgan fingerprint density at radius 1 is 1.03 bits per heavy atom. The zero-order chi connectivity index (χ0) is 23.8. The molecule has 182 valence electrons. The minimum Gasteiger partial charge on any atom is -0.364 e. The molecule has 4 aromatic heterocycles. The molecule has 2 atom stereocenters. The average Bonchev–Trinajstić information content (AvgIpc) is 3.54. The van der Waals surface area contributed by atoms with Gasteiger partial charge in [-0.15, -0.1) is 5.10 Å². The van der Waals surface area contributed by atoms with Gasteiger partial charge >= 0.3 is 0 Å². The molecule has 4 aromatic rings. The lowest BCUT2D eigenvalue weighted by Crippen LogP contribution is -2.26. The molecular weight excluding hydrogens is 450 g/mol. The van der Waals surface area contributed by atoms with Gasteiger partial charge in [-0.25, -0.2) is 18.4 Å². The first-order valence-electron chi connectivity index (χ1n) is 12.2. The number of alkyl halides is 2. The van der Waals surface area contributed by atoms with Crippen LogP contribution in [0.4, 0.5) is 14.5 Å². The number of hydrogen-bond donors (Lipinski definition) is 1. The van der Waals surface area contributed by atoms with Gasteiger partial charge in [0.15, 0.2) is 12.3 Å². The molecule has 2 aliphatic rings. The first kappa shape index (κ1) is 22.1. The number of nitrogens with one attached hydrogen (secondary N) is 1. The van der Waals surface area contributed by atoms with E-state index in [9.17, 15) is 8.78 Å². The Morgan fingerprint density at radius 2 is 1.89 bits per heavy atom. The average molecular weight is 479 g/mol. The van der Waals surface area contributed by atoms with Gasteiger partial charge in [-0.1, -0.05) is 17.7 Å². The molecule has 0 amide bonds. The van der Waals surface area contributed by atoms with Crippen molar-refractivity contribution in [1.82, 2.24) is 34.7 Å². The molecule has 1 saturated heterocycles. The van der Waals surface area contributed by atoms with Crippen LogP contribution < -0.4 is 10.2 Å². The summed E-state index contributed by atoms with van der Waals surface area (Å²) in [5.41, 5.74) is 5.08. The molecule has 35 heavy (non-hydrogen) atoms. The molecular formula is C25H28F2N8. The smallest absolute Gasteiger partial charge is 0.150 e. The van der Waals surface area contributed by atoms with Crippen molar-refractivity contribution in [1.29, 1.82) is 0 Å². The highest BCUT2D eigenvalue weighted by Gasteiger charge is 2.33. The number of hydrogen-bond acceptors (Lipinski definition) is 6. The van der Waals surface area contributed by atoms with E-state index in [0.29, 0.717) is 17.9 Å². The first-order valence-corrected chi connectivity index (χ1v) is 12.2. The molecule has 0 spiro atoms. The molecule has 0 bridgehead atoms. The second-order valence-electron chi connectivity index (χ2n) is 9.63. The predicted molar refractivity (Wildman–Crippen MR) is 129 cm³/mol. The van der Waals surface area contributed by atoms with Crippen molar-refractivity contribution in [2.75, 3.05) is 24.5 Å². The van der Waals surface area contributed by atoms with Crippen molar-refractivity contribution in [3.05, 3.63) is 60.4 Å². The Balaban J connectivity index is 1.12. The van der Waals surface area contributed by atoms with E-state index in [2.05, 4.69) is 32.9 Å². The van der Waals surface area contributed by atoms with Crippen LogP contribution >= 0.6 is 0 Å². The fourth-order valence-electron chi connectivity index (χ4n) is 4.74. The van der Waals surface area contributed by atoms with Gasteiger partial charge in [0.25, 0.3) is 0 Å². The number of aromatic nitrogens is 6. The Hall–Kier alpha value is -3.40. The second kappa shape index (κ2) is 9.33. The maximum absolute atomic E-state index is 13.6. The van der Waals surface area contributed by atoms with E-state index in [-0.39, 0.29) is 13.1 Å². The SMILES string of the molecule is FC1CN(c2cncc(-c3cn(Cc4cn5cc(CNCC6CCC6)ccc5n4)nn3)c2)CC1F. The largest absolute Gasteiger partial charge is 0.364 e. The summed E-state index contributed by atoms with van der Waals surface area (Å²) < 4.78 is 31.0. The summed E-state index contributed by atoms with van der Waals surface area (Å²) in [6, 6.07) is 6.00. The van der Waals surface area contributed by atoms with Gasteiger partial charge in [0.05, 0.1) is 43.4 Å². The van der Waals surface area contributed by atoms with Crippen molar-refractivity contribution >= 4 is 11.3 Å². The van der Waals surface area contributed by atoms with Gasteiger partial charge < -0.3 is 14.6 Å². The molecule has 1 aliphatic carbocycles. The summed E-state index contributed by atoms with van der Waals surface area (Å²) in [5, 5.41) is 12.1. The Morgan fingerprint density at radius 3 is 2.69 bits per heavy atom. The number of fused-ring (bicyclic) bond motifs is 1. The Labute approximate surface area is 202 Å². The van der Waals surface area contributed by atoms with Crippen molar-refractivity contribution < 1.29 is 8.78 Å². The van der Waals surface area contributed by atoms with E-state index < -0.39 is 12.3 Å². The third kappa shape index (κ3) is 4.75. The number of anilines is 1. The molecule has 5 heterocycles. The van der Waals surface area contributed by atoms with Crippen LogP contribution in [-0.2, 0) is 13.1 Å².